The summed E-state index contributed by atoms with van der Waals surface area (Å²) in [5, 5.41) is 12.8. The van der Waals surface area contributed by atoms with Gasteiger partial charge in [0.2, 0.25) is 10.0 Å². The minimum absolute atomic E-state index is 0.175. The molecule has 2 heterocycles. The van der Waals surface area contributed by atoms with Crippen LogP contribution in [0.3, 0.4) is 0 Å². The van der Waals surface area contributed by atoms with Gasteiger partial charge >= 0.3 is 0 Å². The standard InChI is InChI=1S/C7H10N2O3S2/c1-9-4-5(8-10)7-6(2-3-13-7)14(9,11)12/h2-3,6-7,10H,4H2,1H3/b8-5+/t6-,7-/m1/s1. The summed E-state index contributed by atoms with van der Waals surface area (Å²) in [6.07, 6.45) is 1.64. The van der Waals surface area contributed by atoms with Crippen LogP contribution in [-0.4, -0.2) is 47.7 Å². The third-order valence-corrected chi connectivity index (χ3v) is 5.87. The summed E-state index contributed by atoms with van der Waals surface area (Å²) in [7, 11) is -1.75. The van der Waals surface area contributed by atoms with Gasteiger partial charge in [0.1, 0.15) is 5.25 Å². The van der Waals surface area contributed by atoms with Gasteiger partial charge in [0.15, 0.2) is 0 Å². The van der Waals surface area contributed by atoms with Crippen molar-refractivity contribution in [3.63, 3.8) is 0 Å². The van der Waals surface area contributed by atoms with Crippen molar-refractivity contribution in [3.8, 4) is 0 Å². The summed E-state index contributed by atoms with van der Waals surface area (Å²) >= 11 is 1.39. The minimum atomic E-state index is -3.25. The molecule has 0 saturated carbocycles. The monoisotopic (exact) mass is 234 g/mol. The van der Waals surface area contributed by atoms with Crippen molar-refractivity contribution in [3.05, 3.63) is 11.5 Å². The molecule has 2 atom stereocenters. The average Bonchev–Trinajstić information content (AvgIpc) is 2.61. The topological polar surface area (TPSA) is 70.0 Å². The lowest BCUT2D eigenvalue weighted by molar-refractivity contribution is 0.314. The Labute approximate surface area is 86.5 Å². The van der Waals surface area contributed by atoms with Crippen molar-refractivity contribution in [1.29, 1.82) is 0 Å². The van der Waals surface area contributed by atoms with Crippen LogP contribution < -0.4 is 0 Å². The molecule has 2 aliphatic rings. The molecule has 5 nitrogen and oxygen atoms in total. The van der Waals surface area contributed by atoms with Crippen molar-refractivity contribution < 1.29 is 13.6 Å². The van der Waals surface area contributed by atoms with Crippen LogP contribution in [-0.2, 0) is 10.0 Å². The highest BCUT2D eigenvalue weighted by Crippen LogP contribution is 2.35. The Hall–Kier alpha value is -0.530. The Balaban J connectivity index is 2.44. The van der Waals surface area contributed by atoms with E-state index in [4.69, 9.17) is 5.21 Å². The van der Waals surface area contributed by atoms with E-state index in [-0.39, 0.29) is 11.8 Å². The first kappa shape index (κ1) is 10.0. The van der Waals surface area contributed by atoms with Gasteiger partial charge < -0.3 is 5.21 Å². The maximum atomic E-state index is 11.8. The number of hydrogen-bond donors (Lipinski definition) is 1. The molecule has 1 fully saturated rings. The van der Waals surface area contributed by atoms with Gasteiger partial charge in [0.05, 0.1) is 17.5 Å². The van der Waals surface area contributed by atoms with Crippen LogP contribution in [0, 0.1) is 0 Å². The molecule has 0 aromatic heterocycles. The summed E-state index contributed by atoms with van der Waals surface area (Å²) in [5.74, 6) is 0. The van der Waals surface area contributed by atoms with E-state index in [0.29, 0.717) is 5.71 Å². The number of hydrogen-bond acceptors (Lipinski definition) is 5. The van der Waals surface area contributed by atoms with E-state index in [0.717, 1.165) is 0 Å². The van der Waals surface area contributed by atoms with E-state index < -0.39 is 15.3 Å². The SMILES string of the molecule is CN1C/C(=N\O)[C@H]2SC=C[C@H]2S1(=O)=O. The van der Waals surface area contributed by atoms with Crippen molar-refractivity contribution in [2.75, 3.05) is 13.6 Å². The van der Waals surface area contributed by atoms with Crippen LogP contribution in [0.25, 0.3) is 0 Å². The molecule has 0 aromatic carbocycles. The van der Waals surface area contributed by atoms with Gasteiger partial charge in [-0.2, -0.15) is 4.31 Å². The number of fused-ring (bicyclic) bond motifs is 1. The molecule has 7 heteroatoms. The van der Waals surface area contributed by atoms with Gasteiger partial charge in [-0.3, -0.25) is 0 Å². The van der Waals surface area contributed by atoms with Crippen molar-refractivity contribution in [1.82, 2.24) is 4.31 Å². The fourth-order valence-electron chi connectivity index (χ4n) is 1.61. The second kappa shape index (κ2) is 3.25. The lowest BCUT2D eigenvalue weighted by Crippen LogP contribution is -2.51. The molecular weight excluding hydrogens is 224 g/mol. The molecule has 0 bridgehead atoms. The van der Waals surface area contributed by atoms with Gasteiger partial charge in [0, 0.05) is 7.05 Å². The normalized spacial score (nSPS) is 38.8. The Kier molecular flexibility index (Phi) is 2.32. The number of sulfonamides is 1. The molecule has 0 aromatic rings. The Morgan fingerprint density at radius 1 is 1.71 bits per heavy atom. The van der Waals surface area contributed by atoms with Crippen LogP contribution in [0.15, 0.2) is 16.6 Å². The summed E-state index contributed by atoms with van der Waals surface area (Å²) in [6.45, 7) is 0.175. The molecule has 0 spiro atoms. The summed E-state index contributed by atoms with van der Waals surface area (Å²) in [6, 6.07) is 0. The Bertz CT molecular complexity index is 401. The van der Waals surface area contributed by atoms with E-state index in [1.54, 1.807) is 11.5 Å². The summed E-state index contributed by atoms with van der Waals surface area (Å²) in [4.78, 5) is 0. The molecule has 2 aliphatic heterocycles. The Morgan fingerprint density at radius 2 is 2.43 bits per heavy atom. The fraction of sp³-hybridized carbons (Fsp3) is 0.571. The summed E-state index contributed by atoms with van der Waals surface area (Å²) < 4.78 is 24.8. The second-order valence-electron chi connectivity index (χ2n) is 3.24. The maximum Gasteiger partial charge on any atom is 0.222 e. The van der Waals surface area contributed by atoms with E-state index in [1.165, 1.54) is 23.1 Å². The van der Waals surface area contributed by atoms with E-state index >= 15 is 0 Å². The van der Waals surface area contributed by atoms with Crippen molar-refractivity contribution in [2.45, 2.75) is 10.5 Å². The molecule has 0 amide bonds. The molecule has 0 radical (unpaired) electrons. The van der Waals surface area contributed by atoms with E-state index in [1.807, 2.05) is 0 Å². The van der Waals surface area contributed by atoms with Crippen LogP contribution in [0.2, 0.25) is 0 Å². The van der Waals surface area contributed by atoms with Gasteiger partial charge in [0.25, 0.3) is 0 Å². The molecule has 1 saturated heterocycles. The van der Waals surface area contributed by atoms with Crippen molar-refractivity contribution in [2.24, 2.45) is 5.16 Å². The van der Waals surface area contributed by atoms with Crippen LogP contribution in [0.5, 0.6) is 0 Å². The zero-order valence-electron chi connectivity index (χ0n) is 7.49. The highest BCUT2D eigenvalue weighted by atomic mass is 32.2. The van der Waals surface area contributed by atoms with Crippen LogP contribution in [0.4, 0.5) is 0 Å². The average molecular weight is 234 g/mol. The fourth-order valence-corrected chi connectivity index (χ4v) is 4.76. The Morgan fingerprint density at radius 3 is 3.07 bits per heavy atom. The number of thioether (sulfide) groups is 1. The first-order valence-electron chi connectivity index (χ1n) is 4.05. The van der Waals surface area contributed by atoms with Crippen molar-refractivity contribution >= 4 is 27.5 Å². The number of oxime groups is 1. The summed E-state index contributed by atoms with van der Waals surface area (Å²) in [5.41, 5.74) is 0.516. The molecule has 0 aliphatic carbocycles. The third kappa shape index (κ3) is 1.27. The van der Waals surface area contributed by atoms with Crippen LogP contribution in [0.1, 0.15) is 0 Å². The van der Waals surface area contributed by atoms with Gasteiger partial charge in [-0.25, -0.2) is 8.42 Å². The third-order valence-electron chi connectivity index (χ3n) is 2.41. The van der Waals surface area contributed by atoms with E-state index in [2.05, 4.69) is 5.16 Å². The number of rotatable bonds is 0. The largest absolute Gasteiger partial charge is 0.411 e. The maximum absolute atomic E-state index is 11.8. The molecule has 1 N–H and O–H groups in total. The molecule has 14 heavy (non-hydrogen) atoms. The first-order valence-corrected chi connectivity index (χ1v) is 6.50. The second-order valence-corrected chi connectivity index (χ2v) is 6.49. The zero-order valence-corrected chi connectivity index (χ0v) is 9.12. The molecule has 0 unspecified atom stereocenters. The molecule has 78 valence electrons. The van der Waals surface area contributed by atoms with Gasteiger partial charge in [-0.1, -0.05) is 11.2 Å². The van der Waals surface area contributed by atoms with Crippen LogP contribution >= 0.6 is 11.8 Å². The highest BCUT2D eigenvalue weighted by Gasteiger charge is 2.45. The first-order chi connectivity index (χ1) is 6.57. The zero-order chi connectivity index (χ0) is 10.3. The quantitative estimate of drug-likeness (QED) is 0.476. The number of nitrogens with zero attached hydrogens (tertiary/aromatic N) is 2. The molecular formula is C7H10N2O3S2. The smallest absolute Gasteiger partial charge is 0.222 e. The minimum Gasteiger partial charge on any atom is -0.411 e. The predicted molar refractivity (Wildman–Crippen MR) is 55.1 cm³/mol. The highest BCUT2D eigenvalue weighted by molar-refractivity contribution is 8.05. The lowest BCUT2D eigenvalue weighted by Gasteiger charge is -2.31. The van der Waals surface area contributed by atoms with Gasteiger partial charge in [-0.15, -0.1) is 11.8 Å². The predicted octanol–water partition coefficient (Wildman–Crippen LogP) is 0.0895. The molecule has 2 rings (SSSR count). The van der Waals surface area contributed by atoms with E-state index in [9.17, 15) is 8.42 Å². The van der Waals surface area contributed by atoms with Gasteiger partial charge in [-0.05, 0) is 5.41 Å². The lowest BCUT2D eigenvalue weighted by atomic mass is 10.2.